The van der Waals surface area contributed by atoms with E-state index in [2.05, 4.69) is 20.2 Å². The van der Waals surface area contributed by atoms with Crippen molar-refractivity contribution in [2.45, 2.75) is 16.7 Å². The summed E-state index contributed by atoms with van der Waals surface area (Å²) in [5.41, 5.74) is 6.73. The van der Waals surface area contributed by atoms with Crippen LogP contribution in [0.5, 0.6) is 0 Å². The summed E-state index contributed by atoms with van der Waals surface area (Å²) in [5.74, 6) is 0. The van der Waals surface area contributed by atoms with Crippen molar-refractivity contribution >= 4 is 28.1 Å². The lowest BCUT2D eigenvalue weighted by molar-refractivity contribution is 0.916. The number of aromatic nitrogens is 5. The molecule has 82 valence electrons. The van der Waals surface area contributed by atoms with E-state index in [1.807, 2.05) is 16.0 Å². The molecule has 0 aliphatic rings. The highest BCUT2D eigenvalue weighted by molar-refractivity contribution is 7.99. The van der Waals surface area contributed by atoms with Crippen molar-refractivity contribution in [1.29, 1.82) is 0 Å². The molecule has 3 aromatic heterocycles. The average molecular weight is 252 g/mol. The summed E-state index contributed by atoms with van der Waals surface area (Å²) < 4.78 is 2.00. The van der Waals surface area contributed by atoms with Gasteiger partial charge in [-0.3, -0.25) is 9.50 Å². The van der Waals surface area contributed by atoms with Gasteiger partial charge in [-0.15, -0.1) is 11.3 Å². The van der Waals surface area contributed by atoms with Crippen LogP contribution in [0, 0.1) is 0 Å². The predicted molar refractivity (Wildman–Crippen MR) is 61.5 cm³/mol. The first-order chi connectivity index (χ1) is 7.88. The fourth-order valence-corrected chi connectivity index (χ4v) is 3.02. The molecule has 0 radical (unpaired) electrons. The predicted octanol–water partition coefficient (Wildman–Crippen LogP) is 1.12. The summed E-state index contributed by atoms with van der Waals surface area (Å²) in [6.45, 7) is 0.453. The molecule has 3 aromatic rings. The van der Waals surface area contributed by atoms with E-state index in [-0.39, 0.29) is 0 Å². The first-order valence-electron chi connectivity index (χ1n) is 4.56. The fraction of sp³-hybridized carbons (Fsp3) is 0.125. The van der Waals surface area contributed by atoms with E-state index in [0.717, 1.165) is 20.8 Å². The van der Waals surface area contributed by atoms with Crippen molar-refractivity contribution in [2.24, 2.45) is 5.73 Å². The Hall–Kier alpha value is -1.38. The largest absolute Gasteiger partial charge is 0.325 e. The molecular formula is C8H8N6S2. The Bertz CT molecular complexity index is 595. The van der Waals surface area contributed by atoms with Gasteiger partial charge in [0.25, 0.3) is 0 Å². The van der Waals surface area contributed by atoms with Crippen molar-refractivity contribution in [3.05, 3.63) is 23.6 Å². The van der Waals surface area contributed by atoms with E-state index in [4.69, 9.17) is 5.73 Å². The molecule has 3 rings (SSSR count). The smallest absolute Gasteiger partial charge is 0.194 e. The summed E-state index contributed by atoms with van der Waals surface area (Å²) in [5, 5.41) is 10.2. The first kappa shape index (κ1) is 9.82. The zero-order valence-corrected chi connectivity index (χ0v) is 9.75. The standard InChI is InChI=1S/C8H8N6S2/c9-3-5-6(16-7-10-4-11-13-7)12-8-14(5)1-2-15-8/h1-2,4H,3,9H2,(H,10,11,13). The second-order valence-electron chi connectivity index (χ2n) is 3.02. The van der Waals surface area contributed by atoms with Crippen LogP contribution in [0.25, 0.3) is 4.96 Å². The van der Waals surface area contributed by atoms with Crippen LogP contribution in [0.1, 0.15) is 5.69 Å². The van der Waals surface area contributed by atoms with Crippen LogP contribution in [0.2, 0.25) is 0 Å². The summed E-state index contributed by atoms with van der Waals surface area (Å²) in [7, 11) is 0. The third-order valence-electron chi connectivity index (χ3n) is 2.10. The van der Waals surface area contributed by atoms with Crippen molar-refractivity contribution in [2.75, 3.05) is 0 Å². The Kier molecular flexibility index (Phi) is 2.39. The Labute approximate surface area is 98.9 Å². The Morgan fingerprint density at radius 2 is 2.50 bits per heavy atom. The van der Waals surface area contributed by atoms with Gasteiger partial charge in [-0.05, 0) is 11.8 Å². The highest BCUT2D eigenvalue weighted by atomic mass is 32.2. The first-order valence-corrected chi connectivity index (χ1v) is 6.26. The lowest BCUT2D eigenvalue weighted by Gasteiger charge is -1.97. The van der Waals surface area contributed by atoms with Crippen LogP contribution in [0.3, 0.4) is 0 Å². The Morgan fingerprint density at radius 1 is 1.56 bits per heavy atom. The van der Waals surface area contributed by atoms with E-state index < -0.39 is 0 Å². The SMILES string of the molecule is NCc1c(Sc2ncn[nH]2)nc2sccn12. The zero-order chi connectivity index (χ0) is 11.0. The highest BCUT2D eigenvalue weighted by Crippen LogP contribution is 2.29. The van der Waals surface area contributed by atoms with E-state index in [1.54, 1.807) is 11.3 Å². The van der Waals surface area contributed by atoms with E-state index >= 15 is 0 Å². The third kappa shape index (κ3) is 1.51. The van der Waals surface area contributed by atoms with Gasteiger partial charge in [0, 0.05) is 18.1 Å². The molecule has 0 aliphatic carbocycles. The number of hydrogen-bond donors (Lipinski definition) is 2. The summed E-state index contributed by atoms with van der Waals surface area (Å²) >= 11 is 3.03. The number of hydrogen-bond acceptors (Lipinski definition) is 6. The monoisotopic (exact) mass is 252 g/mol. The van der Waals surface area contributed by atoms with Crippen LogP contribution in [-0.2, 0) is 6.54 Å². The maximum absolute atomic E-state index is 5.73. The quantitative estimate of drug-likeness (QED) is 0.729. The summed E-state index contributed by atoms with van der Waals surface area (Å²) in [6, 6.07) is 0. The molecule has 8 heteroatoms. The van der Waals surface area contributed by atoms with Crippen molar-refractivity contribution < 1.29 is 0 Å². The highest BCUT2D eigenvalue weighted by Gasteiger charge is 2.13. The second kappa shape index (κ2) is 3.89. The molecule has 0 saturated heterocycles. The van der Waals surface area contributed by atoms with E-state index in [1.165, 1.54) is 18.1 Å². The van der Waals surface area contributed by atoms with Gasteiger partial charge < -0.3 is 5.73 Å². The maximum Gasteiger partial charge on any atom is 0.194 e. The van der Waals surface area contributed by atoms with Gasteiger partial charge in [-0.1, -0.05) is 0 Å². The minimum Gasteiger partial charge on any atom is -0.325 e. The molecule has 0 unspecified atom stereocenters. The van der Waals surface area contributed by atoms with Crippen LogP contribution in [-0.4, -0.2) is 24.6 Å². The molecule has 0 fully saturated rings. The number of thiazole rings is 1. The van der Waals surface area contributed by atoms with Crippen LogP contribution in [0.4, 0.5) is 0 Å². The van der Waals surface area contributed by atoms with Gasteiger partial charge in [-0.2, -0.15) is 5.10 Å². The Balaban J connectivity index is 2.05. The van der Waals surface area contributed by atoms with Gasteiger partial charge >= 0.3 is 0 Å². The van der Waals surface area contributed by atoms with Gasteiger partial charge in [0.15, 0.2) is 10.1 Å². The molecule has 16 heavy (non-hydrogen) atoms. The third-order valence-corrected chi connectivity index (χ3v) is 3.77. The molecule has 0 bridgehead atoms. The van der Waals surface area contributed by atoms with Gasteiger partial charge in [0.1, 0.15) is 11.4 Å². The molecule has 6 nitrogen and oxygen atoms in total. The van der Waals surface area contributed by atoms with Gasteiger partial charge in [0.2, 0.25) is 0 Å². The maximum atomic E-state index is 5.73. The van der Waals surface area contributed by atoms with Crippen LogP contribution < -0.4 is 5.73 Å². The van der Waals surface area contributed by atoms with Crippen molar-refractivity contribution in [1.82, 2.24) is 24.6 Å². The topological polar surface area (TPSA) is 84.9 Å². The molecule has 3 N–H and O–H groups in total. The number of aromatic amines is 1. The molecule has 0 amide bonds. The van der Waals surface area contributed by atoms with E-state index in [0.29, 0.717) is 6.54 Å². The van der Waals surface area contributed by atoms with Crippen molar-refractivity contribution in [3.63, 3.8) is 0 Å². The number of nitrogens with zero attached hydrogens (tertiary/aromatic N) is 4. The number of fused-ring (bicyclic) bond motifs is 1. The number of H-pyrrole nitrogens is 1. The zero-order valence-electron chi connectivity index (χ0n) is 8.12. The van der Waals surface area contributed by atoms with Gasteiger partial charge in [-0.25, -0.2) is 9.97 Å². The average Bonchev–Trinajstić information content (AvgIpc) is 2.93. The number of nitrogens with two attached hydrogens (primary N) is 1. The lowest BCUT2D eigenvalue weighted by atomic mass is 10.5. The van der Waals surface area contributed by atoms with Gasteiger partial charge in [0.05, 0.1) is 5.69 Å². The Morgan fingerprint density at radius 3 is 3.25 bits per heavy atom. The molecular weight excluding hydrogens is 244 g/mol. The molecule has 3 heterocycles. The molecule has 0 saturated carbocycles. The molecule has 0 atom stereocenters. The lowest BCUT2D eigenvalue weighted by Crippen LogP contribution is -2.01. The molecule has 0 aliphatic heterocycles. The minimum absolute atomic E-state index is 0.453. The second-order valence-corrected chi connectivity index (χ2v) is 4.87. The number of imidazole rings is 1. The number of nitrogens with one attached hydrogen (secondary N) is 1. The minimum atomic E-state index is 0.453. The molecule has 0 spiro atoms. The fourth-order valence-electron chi connectivity index (χ4n) is 1.42. The van der Waals surface area contributed by atoms with E-state index in [9.17, 15) is 0 Å². The van der Waals surface area contributed by atoms with Crippen molar-refractivity contribution in [3.8, 4) is 0 Å². The summed E-state index contributed by atoms with van der Waals surface area (Å²) in [6.07, 6.45) is 3.45. The number of rotatable bonds is 3. The molecule has 0 aromatic carbocycles. The van der Waals surface area contributed by atoms with Crippen LogP contribution in [0.15, 0.2) is 28.1 Å². The van der Waals surface area contributed by atoms with Crippen LogP contribution >= 0.6 is 23.1 Å². The normalized spacial score (nSPS) is 11.3. The summed E-state index contributed by atoms with van der Waals surface area (Å²) in [4.78, 5) is 9.49.